The van der Waals surface area contributed by atoms with E-state index < -0.39 is 0 Å². The number of rotatable bonds is 2. The number of methoxy groups -OCH3 is 1. The number of aryl methyl sites for hydroxylation is 1. The van der Waals surface area contributed by atoms with E-state index >= 15 is 0 Å². The number of nitrogens with one attached hydrogen (secondary N) is 1. The molecule has 0 atom stereocenters. The summed E-state index contributed by atoms with van der Waals surface area (Å²) in [6.07, 6.45) is 0. The summed E-state index contributed by atoms with van der Waals surface area (Å²) in [6, 6.07) is 6.07. The van der Waals surface area contributed by atoms with Gasteiger partial charge in [-0.1, -0.05) is 11.8 Å². The lowest BCUT2D eigenvalue weighted by Gasteiger charge is -2.10. The Kier molecular flexibility index (Phi) is 3.33. The minimum Gasteiger partial charge on any atom is -0.496 e. The summed E-state index contributed by atoms with van der Waals surface area (Å²) < 4.78 is 5.24. The van der Waals surface area contributed by atoms with Gasteiger partial charge in [-0.3, -0.25) is 4.99 Å². The predicted octanol–water partition coefficient (Wildman–Crippen LogP) is 3.30. The second-order valence-corrected chi connectivity index (χ2v) is 5.79. The van der Waals surface area contributed by atoms with Gasteiger partial charge >= 0.3 is 0 Å². The molecule has 17 heavy (non-hydrogen) atoms. The van der Waals surface area contributed by atoms with Gasteiger partial charge in [0.15, 0.2) is 5.17 Å². The molecule has 2 rings (SSSR count). The maximum absolute atomic E-state index is 5.24. The second-order valence-electron chi connectivity index (χ2n) is 4.83. The van der Waals surface area contributed by atoms with Crippen LogP contribution in [-0.4, -0.2) is 23.6 Å². The Bertz CT molecular complexity index is 455. The molecule has 0 unspecified atom stereocenters. The number of nitrogens with zero attached hydrogens (tertiary/aromatic N) is 1. The third-order valence-corrected chi connectivity index (χ3v) is 3.93. The number of anilines is 1. The second kappa shape index (κ2) is 4.61. The SMILES string of the molecule is COc1ccc(NC2=NC(C)(C)CS2)cc1C. The van der Waals surface area contributed by atoms with Gasteiger partial charge in [-0.15, -0.1) is 0 Å². The minimum atomic E-state index is 0.0501. The minimum absolute atomic E-state index is 0.0501. The Morgan fingerprint density at radius 1 is 1.41 bits per heavy atom. The summed E-state index contributed by atoms with van der Waals surface area (Å²) in [7, 11) is 1.69. The van der Waals surface area contributed by atoms with Crippen LogP contribution in [0.25, 0.3) is 0 Å². The third-order valence-electron chi connectivity index (χ3n) is 2.61. The Hall–Kier alpha value is -1.16. The van der Waals surface area contributed by atoms with Crippen molar-refractivity contribution in [2.75, 3.05) is 18.2 Å². The molecule has 1 aromatic carbocycles. The number of hydrogen-bond acceptors (Lipinski definition) is 4. The van der Waals surface area contributed by atoms with Crippen molar-refractivity contribution in [1.82, 2.24) is 0 Å². The summed E-state index contributed by atoms with van der Waals surface area (Å²) in [5, 5.41) is 4.35. The highest BCUT2D eigenvalue weighted by Crippen LogP contribution is 2.28. The average molecular weight is 250 g/mol. The molecule has 0 aliphatic carbocycles. The lowest BCUT2D eigenvalue weighted by molar-refractivity contribution is 0.412. The Morgan fingerprint density at radius 2 is 2.18 bits per heavy atom. The van der Waals surface area contributed by atoms with Crippen molar-refractivity contribution in [3.63, 3.8) is 0 Å². The Balaban J connectivity index is 2.12. The van der Waals surface area contributed by atoms with Crippen LogP contribution in [0.2, 0.25) is 0 Å². The molecule has 0 saturated heterocycles. The van der Waals surface area contributed by atoms with Gasteiger partial charge in [0, 0.05) is 11.4 Å². The Labute approximate surface area is 107 Å². The first-order valence-corrected chi connectivity index (χ1v) is 6.63. The van der Waals surface area contributed by atoms with Crippen LogP contribution in [-0.2, 0) is 0 Å². The number of thioether (sulfide) groups is 1. The van der Waals surface area contributed by atoms with Crippen molar-refractivity contribution in [1.29, 1.82) is 0 Å². The predicted molar refractivity (Wildman–Crippen MR) is 75.3 cm³/mol. The molecule has 1 N–H and O–H groups in total. The van der Waals surface area contributed by atoms with Crippen molar-refractivity contribution in [3.05, 3.63) is 23.8 Å². The van der Waals surface area contributed by atoms with Crippen LogP contribution in [0, 0.1) is 6.92 Å². The summed E-state index contributed by atoms with van der Waals surface area (Å²) in [6.45, 7) is 6.33. The number of benzene rings is 1. The van der Waals surface area contributed by atoms with E-state index in [1.807, 2.05) is 19.1 Å². The van der Waals surface area contributed by atoms with Crippen molar-refractivity contribution in [3.8, 4) is 5.75 Å². The quantitative estimate of drug-likeness (QED) is 0.874. The molecule has 0 fully saturated rings. The first-order chi connectivity index (χ1) is 8.00. The van der Waals surface area contributed by atoms with Gasteiger partial charge in [-0.2, -0.15) is 0 Å². The van der Waals surface area contributed by atoms with Crippen LogP contribution in [0.4, 0.5) is 5.69 Å². The van der Waals surface area contributed by atoms with Crippen LogP contribution in [0.5, 0.6) is 5.75 Å². The smallest absolute Gasteiger partial charge is 0.161 e. The number of amidine groups is 1. The Morgan fingerprint density at radius 3 is 2.71 bits per heavy atom. The fourth-order valence-corrected chi connectivity index (χ4v) is 2.78. The number of ether oxygens (including phenoxy) is 1. The van der Waals surface area contributed by atoms with Gasteiger partial charge in [-0.05, 0) is 44.5 Å². The van der Waals surface area contributed by atoms with Crippen molar-refractivity contribution in [2.24, 2.45) is 4.99 Å². The normalized spacial score (nSPS) is 17.8. The van der Waals surface area contributed by atoms with E-state index in [0.29, 0.717) is 0 Å². The average Bonchev–Trinajstić information content (AvgIpc) is 2.58. The summed E-state index contributed by atoms with van der Waals surface area (Å²) in [5.74, 6) is 1.95. The van der Waals surface area contributed by atoms with E-state index in [9.17, 15) is 0 Å². The van der Waals surface area contributed by atoms with Gasteiger partial charge in [0.25, 0.3) is 0 Å². The van der Waals surface area contributed by atoms with Crippen LogP contribution < -0.4 is 10.1 Å². The lowest BCUT2D eigenvalue weighted by Crippen LogP contribution is -2.15. The molecule has 0 amide bonds. The molecule has 0 aromatic heterocycles. The fraction of sp³-hybridized carbons (Fsp3) is 0.462. The van der Waals surface area contributed by atoms with Crippen LogP contribution in [0.1, 0.15) is 19.4 Å². The zero-order chi connectivity index (χ0) is 12.5. The molecule has 1 aromatic rings. The maximum atomic E-state index is 5.24. The molecule has 3 nitrogen and oxygen atoms in total. The van der Waals surface area contributed by atoms with Gasteiger partial charge < -0.3 is 10.1 Å². The fourth-order valence-electron chi connectivity index (χ4n) is 1.73. The molecule has 0 spiro atoms. The first-order valence-electron chi connectivity index (χ1n) is 5.64. The van der Waals surface area contributed by atoms with Gasteiger partial charge in [0.1, 0.15) is 5.75 Å². The first kappa shape index (κ1) is 12.3. The van der Waals surface area contributed by atoms with E-state index in [4.69, 9.17) is 4.74 Å². The van der Waals surface area contributed by atoms with Crippen LogP contribution in [0.15, 0.2) is 23.2 Å². The zero-order valence-corrected chi connectivity index (χ0v) is 11.5. The highest BCUT2D eigenvalue weighted by atomic mass is 32.2. The van der Waals surface area contributed by atoms with Crippen LogP contribution >= 0.6 is 11.8 Å². The number of hydrogen-bond donors (Lipinski definition) is 1. The van der Waals surface area contributed by atoms with Crippen molar-refractivity contribution in [2.45, 2.75) is 26.3 Å². The molecule has 1 aliphatic rings. The molecule has 0 radical (unpaired) electrons. The highest BCUT2D eigenvalue weighted by Gasteiger charge is 2.25. The zero-order valence-electron chi connectivity index (χ0n) is 10.7. The standard InChI is InChI=1S/C13H18N2OS/c1-9-7-10(5-6-11(9)16-4)14-12-15-13(2,3)8-17-12/h5-7H,8H2,1-4H3,(H,14,15). The largest absolute Gasteiger partial charge is 0.496 e. The monoisotopic (exact) mass is 250 g/mol. The molecule has 0 saturated carbocycles. The molecule has 1 aliphatic heterocycles. The molecular formula is C13H18N2OS. The molecule has 4 heteroatoms. The maximum Gasteiger partial charge on any atom is 0.161 e. The van der Waals surface area contributed by atoms with Crippen LogP contribution in [0.3, 0.4) is 0 Å². The van der Waals surface area contributed by atoms with E-state index in [1.165, 1.54) is 0 Å². The van der Waals surface area contributed by atoms with E-state index in [0.717, 1.165) is 27.9 Å². The summed E-state index contributed by atoms with van der Waals surface area (Å²) in [4.78, 5) is 4.63. The van der Waals surface area contributed by atoms with E-state index in [-0.39, 0.29) is 5.54 Å². The lowest BCUT2D eigenvalue weighted by atomic mass is 10.1. The molecule has 92 valence electrons. The number of aliphatic imine (C=N–C) groups is 1. The van der Waals surface area contributed by atoms with Crippen molar-refractivity contribution >= 4 is 22.6 Å². The topological polar surface area (TPSA) is 33.6 Å². The molecule has 0 bridgehead atoms. The summed E-state index contributed by atoms with van der Waals surface area (Å²) in [5.41, 5.74) is 2.24. The molecule has 1 heterocycles. The van der Waals surface area contributed by atoms with E-state index in [1.54, 1.807) is 18.9 Å². The summed E-state index contributed by atoms with van der Waals surface area (Å²) >= 11 is 1.77. The van der Waals surface area contributed by atoms with E-state index in [2.05, 4.69) is 30.2 Å². The van der Waals surface area contributed by atoms with Gasteiger partial charge in [0.2, 0.25) is 0 Å². The molecular weight excluding hydrogens is 232 g/mol. The highest BCUT2D eigenvalue weighted by molar-refractivity contribution is 8.14. The van der Waals surface area contributed by atoms with Crippen molar-refractivity contribution < 1.29 is 4.74 Å². The van der Waals surface area contributed by atoms with Gasteiger partial charge in [0.05, 0.1) is 12.6 Å². The third kappa shape index (κ3) is 2.94. The van der Waals surface area contributed by atoms with Gasteiger partial charge in [-0.25, -0.2) is 0 Å².